The highest BCUT2D eigenvalue weighted by Crippen LogP contribution is 2.30. The molecule has 2 aliphatic rings. The van der Waals surface area contributed by atoms with Crippen molar-refractivity contribution in [3.63, 3.8) is 0 Å². The predicted octanol–water partition coefficient (Wildman–Crippen LogP) is 15.7. The minimum absolute atomic E-state index is 0.0586. The standard InChI is InChI=1S/C53H96O6/c1-4-6-8-10-12-14-16-17-18-19-20-26-30-34-38-42-52(55)59-50(41-37-33-29-25-22-21-23-27-31-35-39-47-45-46(3)57-53(47)56)51-44-43-49(58-51)48(54)40-36-32-28-24-15-13-11-9-7-5-2/h17-18,45-46,48-51,54H,4-16,19-44H2,1-3H3/b18-17+. The fraction of sp³-hybridized carbons (Fsp3) is 0.887. The molecule has 2 rings (SSSR count). The molecule has 344 valence electrons. The Morgan fingerprint density at radius 1 is 0.627 bits per heavy atom. The maximum Gasteiger partial charge on any atom is 0.334 e. The van der Waals surface area contributed by atoms with Crippen LogP contribution < -0.4 is 0 Å². The molecule has 5 atom stereocenters. The molecule has 0 spiro atoms. The maximum absolute atomic E-state index is 13.1. The molecule has 0 saturated carbocycles. The molecule has 1 saturated heterocycles. The minimum Gasteiger partial charge on any atom is -0.460 e. The summed E-state index contributed by atoms with van der Waals surface area (Å²) in [6.45, 7) is 6.47. The van der Waals surface area contributed by atoms with Crippen molar-refractivity contribution in [2.75, 3.05) is 0 Å². The molecule has 2 aliphatic heterocycles. The van der Waals surface area contributed by atoms with Gasteiger partial charge in [0.15, 0.2) is 0 Å². The normalized spacial score (nSPS) is 19.1. The maximum atomic E-state index is 13.1. The molecule has 0 amide bonds. The van der Waals surface area contributed by atoms with Crippen LogP contribution in [0.25, 0.3) is 0 Å². The Hall–Kier alpha value is -1.66. The van der Waals surface area contributed by atoms with Crippen molar-refractivity contribution in [3.8, 4) is 0 Å². The van der Waals surface area contributed by atoms with Gasteiger partial charge in [-0.05, 0) is 90.0 Å². The van der Waals surface area contributed by atoms with Gasteiger partial charge in [0.1, 0.15) is 12.2 Å². The zero-order valence-corrected chi connectivity index (χ0v) is 39.2. The predicted molar refractivity (Wildman–Crippen MR) is 249 cm³/mol. The summed E-state index contributed by atoms with van der Waals surface area (Å²) in [6.07, 6.45) is 51.7. The van der Waals surface area contributed by atoms with Crippen LogP contribution >= 0.6 is 0 Å². The number of carbonyl (C=O) groups excluding carboxylic acids is 2. The summed E-state index contributed by atoms with van der Waals surface area (Å²) < 4.78 is 17.9. The Morgan fingerprint density at radius 3 is 1.58 bits per heavy atom. The van der Waals surface area contributed by atoms with E-state index in [2.05, 4.69) is 26.0 Å². The van der Waals surface area contributed by atoms with Gasteiger partial charge in [0.05, 0.1) is 18.3 Å². The lowest BCUT2D eigenvalue weighted by Gasteiger charge is -2.26. The Morgan fingerprint density at radius 2 is 1.07 bits per heavy atom. The smallest absolute Gasteiger partial charge is 0.334 e. The number of cyclic esters (lactones) is 1. The number of rotatable bonds is 42. The number of unbranched alkanes of at least 4 members (excludes halogenated alkanes) is 29. The molecule has 6 nitrogen and oxygen atoms in total. The van der Waals surface area contributed by atoms with Crippen molar-refractivity contribution >= 4 is 11.9 Å². The van der Waals surface area contributed by atoms with Gasteiger partial charge < -0.3 is 19.3 Å². The fourth-order valence-corrected chi connectivity index (χ4v) is 9.05. The largest absolute Gasteiger partial charge is 0.460 e. The molecule has 6 heteroatoms. The first kappa shape index (κ1) is 53.5. The molecular weight excluding hydrogens is 733 g/mol. The van der Waals surface area contributed by atoms with E-state index >= 15 is 0 Å². The molecule has 1 N–H and O–H groups in total. The molecule has 0 aromatic heterocycles. The first-order valence-corrected chi connectivity index (χ1v) is 26.0. The molecule has 2 heterocycles. The van der Waals surface area contributed by atoms with E-state index in [0.717, 1.165) is 76.2 Å². The molecule has 1 fully saturated rings. The second kappa shape index (κ2) is 38.0. The van der Waals surface area contributed by atoms with Crippen LogP contribution in [0.4, 0.5) is 0 Å². The molecule has 0 aliphatic carbocycles. The summed E-state index contributed by atoms with van der Waals surface area (Å²) in [4.78, 5) is 24.9. The first-order chi connectivity index (χ1) is 28.9. The lowest BCUT2D eigenvalue weighted by atomic mass is 9.99. The number of aliphatic hydroxyl groups is 1. The van der Waals surface area contributed by atoms with E-state index in [0.29, 0.717) is 6.42 Å². The third-order valence-electron chi connectivity index (χ3n) is 12.9. The van der Waals surface area contributed by atoms with E-state index < -0.39 is 6.10 Å². The number of hydrogen-bond acceptors (Lipinski definition) is 6. The fourth-order valence-electron chi connectivity index (χ4n) is 9.05. The molecular formula is C53H96O6. The van der Waals surface area contributed by atoms with Gasteiger partial charge in [-0.1, -0.05) is 193 Å². The molecule has 0 aromatic carbocycles. The highest BCUT2D eigenvalue weighted by Gasteiger charge is 2.36. The minimum atomic E-state index is -0.423. The van der Waals surface area contributed by atoms with Crippen molar-refractivity contribution in [2.24, 2.45) is 0 Å². The number of esters is 2. The summed E-state index contributed by atoms with van der Waals surface area (Å²) in [7, 11) is 0. The summed E-state index contributed by atoms with van der Waals surface area (Å²) in [5.41, 5.74) is 0.865. The van der Waals surface area contributed by atoms with Gasteiger partial charge in [0, 0.05) is 12.0 Å². The number of aliphatic hydroxyl groups excluding tert-OH is 1. The van der Waals surface area contributed by atoms with E-state index in [1.54, 1.807) is 0 Å². The lowest BCUT2D eigenvalue weighted by Crippen LogP contribution is -2.34. The average Bonchev–Trinajstić information content (AvgIpc) is 3.85. The van der Waals surface area contributed by atoms with Crippen LogP contribution in [0.2, 0.25) is 0 Å². The van der Waals surface area contributed by atoms with Crippen molar-refractivity contribution in [2.45, 2.75) is 302 Å². The monoisotopic (exact) mass is 829 g/mol. The van der Waals surface area contributed by atoms with Crippen LogP contribution in [-0.2, 0) is 23.8 Å². The molecule has 59 heavy (non-hydrogen) atoms. The zero-order valence-electron chi connectivity index (χ0n) is 39.2. The van der Waals surface area contributed by atoms with E-state index in [1.165, 1.54) is 173 Å². The van der Waals surface area contributed by atoms with Gasteiger partial charge in [-0.3, -0.25) is 4.79 Å². The summed E-state index contributed by atoms with van der Waals surface area (Å²) >= 11 is 0. The average molecular weight is 829 g/mol. The van der Waals surface area contributed by atoms with E-state index in [4.69, 9.17) is 14.2 Å². The zero-order chi connectivity index (χ0) is 42.4. The Balaban J connectivity index is 1.62. The highest BCUT2D eigenvalue weighted by molar-refractivity contribution is 5.90. The van der Waals surface area contributed by atoms with Crippen molar-refractivity contribution < 1.29 is 28.9 Å². The number of allylic oxidation sites excluding steroid dienone is 2. The summed E-state index contributed by atoms with van der Waals surface area (Å²) in [5.74, 6) is -0.190. The van der Waals surface area contributed by atoms with E-state index in [1.807, 2.05) is 13.0 Å². The van der Waals surface area contributed by atoms with Crippen molar-refractivity contribution in [3.05, 3.63) is 23.8 Å². The van der Waals surface area contributed by atoms with Gasteiger partial charge in [0.2, 0.25) is 0 Å². The number of ether oxygens (including phenoxy) is 3. The van der Waals surface area contributed by atoms with Gasteiger partial charge >= 0.3 is 11.9 Å². The Labute approximate surface area is 365 Å². The first-order valence-electron chi connectivity index (χ1n) is 26.0. The molecule has 5 unspecified atom stereocenters. The summed E-state index contributed by atoms with van der Waals surface area (Å²) in [6, 6.07) is 0. The second-order valence-electron chi connectivity index (χ2n) is 18.6. The van der Waals surface area contributed by atoms with Crippen LogP contribution in [0.3, 0.4) is 0 Å². The molecule has 0 aromatic rings. The molecule has 0 bridgehead atoms. The van der Waals surface area contributed by atoms with Gasteiger partial charge in [-0.25, -0.2) is 4.79 Å². The van der Waals surface area contributed by atoms with Crippen molar-refractivity contribution in [1.82, 2.24) is 0 Å². The Bertz CT molecular complexity index is 1050. The third-order valence-corrected chi connectivity index (χ3v) is 12.9. The second-order valence-corrected chi connectivity index (χ2v) is 18.6. The van der Waals surface area contributed by atoms with Crippen LogP contribution in [0, 0.1) is 0 Å². The van der Waals surface area contributed by atoms with E-state index in [9.17, 15) is 14.7 Å². The van der Waals surface area contributed by atoms with Crippen LogP contribution in [0.1, 0.15) is 271 Å². The van der Waals surface area contributed by atoms with Gasteiger partial charge in [-0.15, -0.1) is 0 Å². The van der Waals surface area contributed by atoms with Gasteiger partial charge in [-0.2, -0.15) is 0 Å². The van der Waals surface area contributed by atoms with Crippen LogP contribution in [-0.4, -0.2) is 47.6 Å². The summed E-state index contributed by atoms with van der Waals surface area (Å²) in [5, 5.41) is 11.0. The van der Waals surface area contributed by atoms with Crippen LogP contribution in [0.5, 0.6) is 0 Å². The van der Waals surface area contributed by atoms with Crippen molar-refractivity contribution in [1.29, 1.82) is 0 Å². The quantitative estimate of drug-likeness (QED) is 0.0375. The van der Waals surface area contributed by atoms with Gasteiger partial charge in [0.25, 0.3) is 0 Å². The number of hydrogen-bond donors (Lipinski definition) is 1. The highest BCUT2D eigenvalue weighted by atomic mass is 16.6. The number of carbonyl (C=O) groups is 2. The Kier molecular flexibility index (Phi) is 34.5. The topological polar surface area (TPSA) is 82.1 Å². The molecule has 0 radical (unpaired) electrons. The van der Waals surface area contributed by atoms with Crippen LogP contribution in [0.15, 0.2) is 23.8 Å². The lowest BCUT2D eigenvalue weighted by molar-refractivity contribution is -0.160. The SMILES string of the molecule is CCCCCCCC/C=C/CCCCCCCC(=O)OC(CCCCCCCCCCCCC1=CC(C)OC1=O)C1CCC(C(O)CCCCCCCCCCCC)O1. The third kappa shape index (κ3) is 29.3. The van der Waals surface area contributed by atoms with E-state index in [-0.39, 0.29) is 36.4 Å².